The number of hydrogen-bond acceptors (Lipinski definition) is 3. The largest absolute Gasteiger partial charge is 0.378 e. The Morgan fingerprint density at radius 3 is 2.81 bits per heavy atom. The van der Waals surface area contributed by atoms with Crippen molar-refractivity contribution in [1.29, 1.82) is 0 Å². The van der Waals surface area contributed by atoms with E-state index in [1.165, 1.54) is 0 Å². The number of carbonyl (C=O) groups is 1. The lowest BCUT2D eigenvalue weighted by atomic mass is 10.1. The van der Waals surface area contributed by atoms with Gasteiger partial charge in [0.15, 0.2) is 0 Å². The van der Waals surface area contributed by atoms with Crippen LogP contribution in [0.3, 0.4) is 0 Å². The molecular formula is C12H24N2O2. The summed E-state index contributed by atoms with van der Waals surface area (Å²) in [4.78, 5) is 13.8. The van der Waals surface area contributed by atoms with E-state index < -0.39 is 0 Å². The molecule has 4 heteroatoms. The molecule has 1 aliphatic heterocycles. The molecule has 0 radical (unpaired) electrons. The maximum Gasteiger partial charge on any atom is 0.222 e. The highest BCUT2D eigenvalue weighted by Crippen LogP contribution is 2.17. The summed E-state index contributed by atoms with van der Waals surface area (Å²) in [5.74, 6) is 0.205. The van der Waals surface area contributed by atoms with E-state index in [-0.39, 0.29) is 11.9 Å². The first-order valence-electron chi connectivity index (χ1n) is 6.26. The van der Waals surface area contributed by atoms with Gasteiger partial charge in [-0.2, -0.15) is 0 Å². The predicted molar refractivity (Wildman–Crippen MR) is 64.1 cm³/mol. The van der Waals surface area contributed by atoms with Gasteiger partial charge in [-0.25, -0.2) is 0 Å². The highest BCUT2D eigenvalue weighted by atomic mass is 16.5. The van der Waals surface area contributed by atoms with Crippen LogP contribution < -0.4 is 5.73 Å². The van der Waals surface area contributed by atoms with Crippen molar-refractivity contribution in [2.45, 2.75) is 51.7 Å². The third kappa shape index (κ3) is 4.10. The van der Waals surface area contributed by atoms with Gasteiger partial charge in [0.2, 0.25) is 5.91 Å². The van der Waals surface area contributed by atoms with Crippen molar-refractivity contribution in [2.24, 2.45) is 5.73 Å². The highest BCUT2D eigenvalue weighted by Gasteiger charge is 2.20. The number of nitrogens with two attached hydrogens (primary N) is 1. The summed E-state index contributed by atoms with van der Waals surface area (Å²) in [6.07, 6.45) is 3.98. The lowest BCUT2D eigenvalue weighted by Gasteiger charge is -2.26. The van der Waals surface area contributed by atoms with Gasteiger partial charge in [0, 0.05) is 32.2 Å². The van der Waals surface area contributed by atoms with E-state index in [1.54, 1.807) is 0 Å². The maximum atomic E-state index is 11.9. The van der Waals surface area contributed by atoms with Crippen LogP contribution in [0.5, 0.6) is 0 Å². The van der Waals surface area contributed by atoms with Crippen LogP contribution in [0.2, 0.25) is 0 Å². The summed E-state index contributed by atoms with van der Waals surface area (Å²) in [5.41, 5.74) is 5.50. The van der Waals surface area contributed by atoms with E-state index >= 15 is 0 Å². The van der Waals surface area contributed by atoms with Gasteiger partial charge in [0.1, 0.15) is 0 Å². The molecule has 1 atom stereocenters. The van der Waals surface area contributed by atoms with Gasteiger partial charge in [-0.15, -0.1) is 0 Å². The van der Waals surface area contributed by atoms with E-state index in [9.17, 15) is 4.79 Å². The van der Waals surface area contributed by atoms with Crippen molar-refractivity contribution in [3.05, 3.63) is 0 Å². The minimum atomic E-state index is 0.205. The summed E-state index contributed by atoms with van der Waals surface area (Å²) in [6.45, 7) is 6.10. The van der Waals surface area contributed by atoms with Crippen LogP contribution in [0, 0.1) is 0 Å². The molecule has 1 heterocycles. The molecule has 0 spiro atoms. The van der Waals surface area contributed by atoms with E-state index in [2.05, 4.69) is 0 Å². The van der Waals surface area contributed by atoms with Crippen molar-refractivity contribution < 1.29 is 9.53 Å². The van der Waals surface area contributed by atoms with E-state index in [4.69, 9.17) is 10.5 Å². The second kappa shape index (κ2) is 6.86. The Morgan fingerprint density at radius 2 is 2.31 bits per heavy atom. The topological polar surface area (TPSA) is 55.6 Å². The number of amides is 1. The summed E-state index contributed by atoms with van der Waals surface area (Å²) in [6, 6.07) is 0.237. The summed E-state index contributed by atoms with van der Waals surface area (Å²) in [7, 11) is 0. The predicted octanol–water partition coefficient (Wildman–Crippen LogP) is 1.14. The number of carbonyl (C=O) groups excluding carboxylic acids is 1. The molecule has 2 N–H and O–H groups in total. The second-order valence-electron chi connectivity index (χ2n) is 4.64. The van der Waals surface area contributed by atoms with Crippen LogP contribution in [0.4, 0.5) is 0 Å². The Bertz CT molecular complexity index is 213. The molecule has 1 fully saturated rings. The van der Waals surface area contributed by atoms with Crippen molar-refractivity contribution in [3.8, 4) is 0 Å². The fraction of sp³-hybridized carbons (Fsp3) is 0.917. The average molecular weight is 228 g/mol. The molecule has 0 aromatic heterocycles. The minimum Gasteiger partial charge on any atom is -0.378 e. The Hall–Kier alpha value is -0.610. The highest BCUT2D eigenvalue weighted by molar-refractivity contribution is 5.76. The first-order chi connectivity index (χ1) is 7.65. The molecule has 0 aromatic carbocycles. The van der Waals surface area contributed by atoms with Gasteiger partial charge in [0.05, 0.1) is 6.10 Å². The van der Waals surface area contributed by atoms with Crippen LogP contribution in [0.1, 0.15) is 39.5 Å². The molecule has 1 unspecified atom stereocenters. The monoisotopic (exact) mass is 228 g/mol. The second-order valence-corrected chi connectivity index (χ2v) is 4.64. The molecule has 1 saturated heterocycles. The Labute approximate surface area is 98.1 Å². The molecule has 0 aliphatic carbocycles. The van der Waals surface area contributed by atoms with Gasteiger partial charge in [0.25, 0.3) is 0 Å². The fourth-order valence-electron chi connectivity index (χ4n) is 2.11. The first kappa shape index (κ1) is 13.5. The fourth-order valence-corrected chi connectivity index (χ4v) is 2.11. The zero-order valence-electron chi connectivity index (χ0n) is 10.4. The first-order valence-corrected chi connectivity index (χ1v) is 6.26. The van der Waals surface area contributed by atoms with Crippen LogP contribution in [-0.2, 0) is 9.53 Å². The van der Waals surface area contributed by atoms with Crippen molar-refractivity contribution in [2.75, 3.05) is 19.7 Å². The molecule has 0 aromatic rings. The van der Waals surface area contributed by atoms with E-state index in [0.717, 1.165) is 25.9 Å². The van der Waals surface area contributed by atoms with Crippen LogP contribution in [0.15, 0.2) is 0 Å². The molecule has 16 heavy (non-hydrogen) atoms. The number of hydrogen-bond donors (Lipinski definition) is 1. The number of rotatable bonds is 6. The van der Waals surface area contributed by atoms with Gasteiger partial charge in [-0.1, -0.05) is 0 Å². The molecule has 4 nitrogen and oxygen atoms in total. The quantitative estimate of drug-likeness (QED) is 0.741. The zero-order valence-corrected chi connectivity index (χ0v) is 10.4. The van der Waals surface area contributed by atoms with E-state index in [0.29, 0.717) is 25.6 Å². The summed E-state index contributed by atoms with van der Waals surface area (Å²) >= 11 is 0. The lowest BCUT2D eigenvalue weighted by Crippen LogP contribution is -2.40. The minimum absolute atomic E-state index is 0.205. The van der Waals surface area contributed by atoms with Crippen molar-refractivity contribution >= 4 is 5.91 Å². The van der Waals surface area contributed by atoms with Crippen LogP contribution >= 0.6 is 0 Å². The average Bonchev–Trinajstić information content (AvgIpc) is 2.75. The van der Waals surface area contributed by atoms with E-state index in [1.807, 2.05) is 18.7 Å². The van der Waals surface area contributed by atoms with Crippen LogP contribution in [0.25, 0.3) is 0 Å². The molecule has 1 aliphatic rings. The lowest BCUT2D eigenvalue weighted by molar-refractivity contribution is -0.133. The van der Waals surface area contributed by atoms with Gasteiger partial charge in [-0.05, 0) is 33.1 Å². The molecule has 1 amide bonds. The van der Waals surface area contributed by atoms with Crippen molar-refractivity contribution in [1.82, 2.24) is 4.90 Å². The number of nitrogens with zero attached hydrogens (tertiary/aromatic N) is 1. The zero-order chi connectivity index (χ0) is 12.0. The Morgan fingerprint density at radius 1 is 1.56 bits per heavy atom. The normalized spacial score (nSPS) is 20.4. The smallest absolute Gasteiger partial charge is 0.222 e. The summed E-state index contributed by atoms with van der Waals surface area (Å²) in [5, 5.41) is 0. The SMILES string of the molecule is CC(C)N(CCN)C(=O)CCC1CCCO1. The van der Waals surface area contributed by atoms with Gasteiger partial charge >= 0.3 is 0 Å². The summed E-state index contributed by atoms with van der Waals surface area (Å²) < 4.78 is 5.51. The third-order valence-corrected chi connectivity index (χ3v) is 3.02. The van der Waals surface area contributed by atoms with Crippen LogP contribution in [-0.4, -0.2) is 42.6 Å². The Kier molecular flexibility index (Phi) is 5.77. The standard InChI is InChI=1S/C12H24N2O2/c1-10(2)14(8-7-13)12(15)6-5-11-4-3-9-16-11/h10-11H,3-9,13H2,1-2H3. The molecule has 0 saturated carbocycles. The van der Waals surface area contributed by atoms with Crippen molar-refractivity contribution in [3.63, 3.8) is 0 Å². The molecular weight excluding hydrogens is 204 g/mol. The molecule has 1 rings (SSSR count). The molecule has 0 bridgehead atoms. The molecule has 94 valence electrons. The number of ether oxygens (including phenoxy) is 1. The van der Waals surface area contributed by atoms with Gasteiger partial charge < -0.3 is 15.4 Å². The van der Waals surface area contributed by atoms with Gasteiger partial charge in [-0.3, -0.25) is 4.79 Å². The third-order valence-electron chi connectivity index (χ3n) is 3.02. The maximum absolute atomic E-state index is 11.9. The Balaban J connectivity index is 2.30.